The number of aryl methyl sites for hydroxylation is 1. The van der Waals surface area contributed by atoms with Crippen LogP contribution in [0.2, 0.25) is 0 Å². The van der Waals surface area contributed by atoms with Crippen LogP contribution >= 0.6 is 0 Å². The number of nitrogens with zero attached hydrogens (tertiary/aromatic N) is 3. The molecule has 3 aromatic heterocycles. The van der Waals surface area contributed by atoms with Gasteiger partial charge in [-0.2, -0.15) is 0 Å². The Hall–Kier alpha value is -4.21. The van der Waals surface area contributed by atoms with E-state index in [9.17, 15) is 14.4 Å². The first-order chi connectivity index (χ1) is 18.0. The molecule has 1 aliphatic carbocycles. The van der Waals surface area contributed by atoms with Gasteiger partial charge in [0, 0.05) is 31.2 Å². The quantitative estimate of drug-likeness (QED) is 0.349. The highest BCUT2D eigenvalue weighted by Crippen LogP contribution is 2.39. The van der Waals surface area contributed by atoms with Gasteiger partial charge >= 0.3 is 5.97 Å². The fourth-order valence-electron chi connectivity index (χ4n) is 4.10. The van der Waals surface area contributed by atoms with Crippen molar-refractivity contribution in [3.63, 3.8) is 0 Å². The van der Waals surface area contributed by atoms with Crippen LogP contribution in [0.3, 0.4) is 0 Å². The first-order valence-electron chi connectivity index (χ1n) is 12.5. The summed E-state index contributed by atoms with van der Waals surface area (Å²) in [4.78, 5) is 44.4. The molecule has 5 rings (SSSR count). The van der Waals surface area contributed by atoms with Crippen molar-refractivity contribution >= 4 is 23.4 Å². The normalized spacial score (nSPS) is 13.8. The van der Waals surface area contributed by atoms with Crippen molar-refractivity contribution in [2.24, 2.45) is 0 Å². The molecule has 0 spiro atoms. The molecule has 10 nitrogen and oxygen atoms in total. The Kier molecular flexibility index (Phi) is 8.85. The third-order valence-electron chi connectivity index (χ3n) is 6.14. The number of pyridine rings is 3. The first-order valence-corrected chi connectivity index (χ1v) is 12.5. The fourth-order valence-corrected chi connectivity index (χ4v) is 4.10. The second kappa shape index (κ2) is 12.7. The van der Waals surface area contributed by atoms with Gasteiger partial charge in [0.05, 0.1) is 18.7 Å². The largest absolute Gasteiger partial charge is 0.481 e. The molecule has 0 radical (unpaired) electrons. The molecule has 1 saturated carbocycles. The van der Waals surface area contributed by atoms with Crippen LogP contribution in [0.4, 0.5) is 11.5 Å². The number of carboxylic acids is 1. The lowest BCUT2D eigenvalue weighted by Crippen LogP contribution is -2.35. The van der Waals surface area contributed by atoms with Gasteiger partial charge in [-0.25, -0.2) is 4.98 Å². The number of carboxylic acid groups (broad SMARTS) is 1. The summed E-state index contributed by atoms with van der Waals surface area (Å²) in [7, 11) is 0. The molecule has 4 N–H and O–H groups in total. The van der Waals surface area contributed by atoms with Gasteiger partial charge in [0.25, 0.3) is 5.56 Å². The summed E-state index contributed by atoms with van der Waals surface area (Å²) >= 11 is 0. The molecule has 0 aromatic carbocycles. The molecule has 1 amide bonds. The zero-order chi connectivity index (χ0) is 26.0. The minimum absolute atomic E-state index is 0.0393. The number of carbonyl (C=O) groups excluding carboxylic acids is 1. The molecule has 2 aliphatic rings. The molecule has 1 aliphatic heterocycles. The van der Waals surface area contributed by atoms with E-state index in [0.717, 1.165) is 49.4 Å². The zero-order valence-electron chi connectivity index (χ0n) is 20.7. The molecule has 0 unspecified atom stereocenters. The summed E-state index contributed by atoms with van der Waals surface area (Å²) in [6.07, 6.45) is 7.46. The first kappa shape index (κ1) is 25.9. The maximum atomic E-state index is 13.1. The van der Waals surface area contributed by atoms with E-state index in [-0.39, 0.29) is 31.0 Å². The molecule has 0 saturated heterocycles. The van der Waals surface area contributed by atoms with Gasteiger partial charge in [-0.05, 0) is 67.5 Å². The lowest BCUT2D eigenvalue weighted by Gasteiger charge is -2.18. The van der Waals surface area contributed by atoms with Crippen LogP contribution in [-0.4, -0.2) is 44.6 Å². The number of aliphatic carboxylic acids is 1. The average molecular weight is 505 g/mol. The minimum Gasteiger partial charge on any atom is -0.481 e. The lowest BCUT2D eigenvalue weighted by atomic mass is 10.1. The molecule has 1 fully saturated rings. The van der Waals surface area contributed by atoms with Crippen molar-refractivity contribution in [1.29, 1.82) is 0 Å². The van der Waals surface area contributed by atoms with E-state index in [0.29, 0.717) is 18.2 Å². The summed E-state index contributed by atoms with van der Waals surface area (Å²) in [5.74, 6) is -0.148. The van der Waals surface area contributed by atoms with E-state index in [1.54, 1.807) is 18.5 Å². The Morgan fingerprint density at radius 3 is 2.59 bits per heavy atom. The third-order valence-corrected chi connectivity index (χ3v) is 6.14. The maximum Gasteiger partial charge on any atom is 0.305 e. The van der Waals surface area contributed by atoms with Gasteiger partial charge in [-0.15, -0.1) is 0 Å². The predicted octanol–water partition coefficient (Wildman–Crippen LogP) is 2.76. The summed E-state index contributed by atoms with van der Waals surface area (Å²) in [5.41, 5.74) is 3.04. The van der Waals surface area contributed by atoms with Crippen molar-refractivity contribution in [2.75, 3.05) is 23.7 Å². The smallest absolute Gasteiger partial charge is 0.305 e. The van der Waals surface area contributed by atoms with Crippen LogP contribution in [0, 0.1) is 0 Å². The lowest BCUT2D eigenvalue weighted by molar-refractivity contribution is -0.136. The van der Waals surface area contributed by atoms with Gasteiger partial charge in [0.1, 0.15) is 18.1 Å². The van der Waals surface area contributed by atoms with Crippen molar-refractivity contribution < 1.29 is 14.7 Å². The van der Waals surface area contributed by atoms with Crippen LogP contribution < -0.4 is 21.5 Å². The van der Waals surface area contributed by atoms with Crippen molar-refractivity contribution in [3.05, 3.63) is 82.2 Å². The van der Waals surface area contributed by atoms with Gasteiger partial charge in [0.2, 0.25) is 5.91 Å². The number of nitrogens with one attached hydrogen (secondary N) is 3. The number of carbonyl (C=O) groups is 2. The summed E-state index contributed by atoms with van der Waals surface area (Å²) < 4.78 is 1.50. The fraction of sp³-hybridized carbons (Fsp3) is 0.370. The molecule has 0 atom stereocenters. The van der Waals surface area contributed by atoms with Crippen LogP contribution in [-0.2, 0) is 29.1 Å². The van der Waals surface area contributed by atoms with Crippen LogP contribution in [0.1, 0.15) is 48.6 Å². The van der Waals surface area contributed by atoms with Gasteiger partial charge in [0.15, 0.2) is 0 Å². The van der Waals surface area contributed by atoms with E-state index in [1.807, 2.05) is 30.3 Å². The number of anilines is 2. The van der Waals surface area contributed by atoms with Crippen molar-refractivity contribution in [2.45, 2.75) is 51.1 Å². The van der Waals surface area contributed by atoms with Gasteiger partial charge in [-0.3, -0.25) is 19.4 Å². The van der Waals surface area contributed by atoms with E-state index >= 15 is 0 Å². The molecular weight excluding hydrogens is 472 g/mol. The van der Waals surface area contributed by atoms with Crippen molar-refractivity contribution in [1.82, 2.24) is 19.9 Å². The number of amides is 1. The molecule has 4 heterocycles. The Balaban J connectivity index is 0.000000469. The number of rotatable bonds is 9. The number of aromatic nitrogens is 3. The minimum atomic E-state index is -0.978. The summed E-state index contributed by atoms with van der Waals surface area (Å²) in [6, 6.07) is 13.4. The van der Waals surface area contributed by atoms with E-state index < -0.39 is 5.97 Å². The second-order valence-corrected chi connectivity index (χ2v) is 9.05. The number of fused-ring (bicyclic) bond motifs is 1. The predicted molar refractivity (Wildman–Crippen MR) is 141 cm³/mol. The highest BCUT2D eigenvalue weighted by Gasteiger charge is 2.28. The second-order valence-electron chi connectivity index (χ2n) is 9.05. The van der Waals surface area contributed by atoms with Crippen molar-refractivity contribution in [3.8, 4) is 0 Å². The monoisotopic (exact) mass is 504 g/mol. The Bertz CT molecular complexity index is 1250. The third kappa shape index (κ3) is 7.63. The van der Waals surface area contributed by atoms with E-state index in [1.165, 1.54) is 10.1 Å². The Morgan fingerprint density at radius 2 is 1.92 bits per heavy atom. The Labute approximate surface area is 215 Å². The summed E-state index contributed by atoms with van der Waals surface area (Å²) in [5, 5.41) is 17.8. The topological polar surface area (TPSA) is 138 Å². The number of hydrogen-bond acceptors (Lipinski definition) is 7. The van der Waals surface area contributed by atoms with E-state index in [2.05, 4.69) is 32.0 Å². The number of hydrogen-bond donors (Lipinski definition) is 4. The van der Waals surface area contributed by atoms with Gasteiger partial charge in [-0.1, -0.05) is 12.1 Å². The molecule has 0 bridgehead atoms. The maximum absolute atomic E-state index is 13.1. The van der Waals surface area contributed by atoms with Crippen LogP contribution in [0.15, 0.2) is 59.7 Å². The zero-order valence-corrected chi connectivity index (χ0v) is 20.7. The molecular formula is C27H32N6O4. The van der Waals surface area contributed by atoms with E-state index in [4.69, 9.17) is 5.11 Å². The highest BCUT2D eigenvalue weighted by atomic mass is 16.4. The SMILES string of the molecule is O=C(O)CCNC(=O)Cn1c(C2CC2)ccc(NCc2ccc3c(n2)NCCC3)c1=O.c1ccncc1. The molecule has 37 heavy (non-hydrogen) atoms. The van der Waals surface area contributed by atoms with Gasteiger partial charge < -0.3 is 25.6 Å². The standard InChI is InChI=1S/C22H27N5O4.C5H5N/c28-19(23-11-9-20(29)30)13-27-18(14-3-4-14)8-7-17(22(27)31)25-12-16-6-5-15-2-1-10-24-21(15)26-16;1-2-4-6-5-3-1/h5-8,14,25H,1-4,9-13H2,(H,23,28)(H,24,26)(H,29,30);1-5H. The van der Waals surface area contributed by atoms with Crippen LogP contribution in [0.25, 0.3) is 0 Å². The van der Waals surface area contributed by atoms with Crippen LogP contribution in [0.5, 0.6) is 0 Å². The molecule has 194 valence electrons. The molecule has 3 aromatic rings. The Morgan fingerprint density at radius 1 is 1.11 bits per heavy atom. The highest BCUT2D eigenvalue weighted by molar-refractivity contribution is 5.76. The molecule has 10 heteroatoms. The average Bonchev–Trinajstić information content (AvgIpc) is 3.76. The summed E-state index contributed by atoms with van der Waals surface area (Å²) in [6.45, 7) is 1.23.